The highest BCUT2D eigenvalue weighted by Crippen LogP contribution is 2.26. The van der Waals surface area contributed by atoms with Crippen molar-refractivity contribution in [3.63, 3.8) is 0 Å². The van der Waals surface area contributed by atoms with Crippen molar-refractivity contribution in [1.82, 2.24) is 15.1 Å². The molecule has 0 radical (unpaired) electrons. The van der Waals surface area contributed by atoms with Gasteiger partial charge in [0.05, 0.1) is 0 Å². The van der Waals surface area contributed by atoms with Crippen LogP contribution in [-0.4, -0.2) is 54.5 Å². The number of amides is 1. The van der Waals surface area contributed by atoms with Crippen LogP contribution in [-0.2, 0) is 4.79 Å². The molecule has 2 aromatic rings. The van der Waals surface area contributed by atoms with Crippen LogP contribution in [0.15, 0.2) is 60.7 Å². The van der Waals surface area contributed by atoms with Crippen molar-refractivity contribution >= 4 is 12.0 Å². The summed E-state index contributed by atoms with van der Waals surface area (Å²) >= 11 is 0. The monoisotopic (exact) mass is 393 g/mol. The van der Waals surface area contributed by atoms with Crippen LogP contribution in [0.3, 0.4) is 0 Å². The lowest BCUT2D eigenvalue weighted by Gasteiger charge is -2.38. The van der Waals surface area contributed by atoms with E-state index >= 15 is 0 Å². The minimum absolute atomic E-state index is 0.0385. The number of benzene rings is 2. The number of carbonyl (C=O) groups excluding carboxylic acids is 1. The molecule has 1 aliphatic carbocycles. The van der Waals surface area contributed by atoms with E-state index in [1.54, 1.807) is 12.1 Å². The minimum atomic E-state index is -0.349. The second-order valence-corrected chi connectivity index (χ2v) is 7.89. The topological polar surface area (TPSA) is 35.6 Å². The summed E-state index contributed by atoms with van der Waals surface area (Å²) < 4.78 is 13.4. The fraction of sp³-hybridized carbons (Fsp3) is 0.375. The Labute approximate surface area is 172 Å². The van der Waals surface area contributed by atoms with Crippen LogP contribution in [0.25, 0.3) is 6.08 Å². The summed E-state index contributed by atoms with van der Waals surface area (Å²) in [7, 11) is 0. The molecule has 1 unspecified atom stereocenters. The molecule has 1 saturated carbocycles. The van der Waals surface area contributed by atoms with E-state index in [1.807, 2.05) is 18.2 Å². The Morgan fingerprint density at radius 2 is 1.72 bits per heavy atom. The maximum Gasteiger partial charge on any atom is 0.242 e. The van der Waals surface area contributed by atoms with Gasteiger partial charge >= 0.3 is 0 Å². The lowest BCUT2D eigenvalue weighted by Crippen LogP contribution is -2.51. The molecule has 1 heterocycles. The predicted molar refractivity (Wildman–Crippen MR) is 114 cm³/mol. The molecule has 4 nitrogen and oxygen atoms in total. The van der Waals surface area contributed by atoms with E-state index in [1.165, 1.54) is 17.7 Å². The Kier molecular flexibility index (Phi) is 6.37. The van der Waals surface area contributed by atoms with E-state index in [9.17, 15) is 9.18 Å². The van der Waals surface area contributed by atoms with Crippen LogP contribution >= 0.6 is 0 Å². The van der Waals surface area contributed by atoms with Crippen molar-refractivity contribution < 1.29 is 9.18 Å². The van der Waals surface area contributed by atoms with Crippen LogP contribution < -0.4 is 5.32 Å². The molecule has 5 heteroatoms. The molecule has 1 N–H and O–H groups in total. The third-order valence-corrected chi connectivity index (χ3v) is 5.60. The first-order valence-electron chi connectivity index (χ1n) is 10.4. The van der Waals surface area contributed by atoms with Crippen LogP contribution in [0.5, 0.6) is 0 Å². The number of hydrogen-bond acceptors (Lipinski definition) is 3. The average Bonchev–Trinajstić information content (AvgIpc) is 3.56. The van der Waals surface area contributed by atoms with Gasteiger partial charge in [0.15, 0.2) is 0 Å². The Hall–Kier alpha value is -2.50. The summed E-state index contributed by atoms with van der Waals surface area (Å²) in [4.78, 5) is 17.5. The first-order chi connectivity index (χ1) is 14.2. The summed E-state index contributed by atoms with van der Waals surface area (Å²) in [6.45, 7) is 4.36. The Bertz CT molecular complexity index is 825. The summed E-state index contributed by atoms with van der Waals surface area (Å²) in [5.74, 6) is -0.235. The Balaban J connectivity index is 1.36. The maximum absolute atomic E-state index is 13.4. The molecule has 1 amide bonds. The smallest absolute Gasteiger partial charge is 0.242 e. The van der Waals surface area contributed by atoms with Crippen LogP contribution in [0.1, 0.15) is 30.0 Å². The fourth-order valence-electron chi connectivity index (χ4n) is 3.79. The van der Waals surface area contributed by atoms with Crippen molar-refractivity contribution in [2.75, 3.05) is 32.7 Å². The quantitative estimate of drug-likeness (QED) is 0.782. The van der Waals surface area contributed by atoms with Gasteiger partial charge in [-0.25, -0.2) is 4.39 Å². The van der Waals surface area contributed by atoms with Gasteiger partial charge < -0.3 is 5.32 Å². The Morgan fingerprint density at radius 3 is 2.38 bits per heavy atom. The molecular weight excluding hydrogens is 365 g/mol. The zero-order valence-corrected chi connectivity index (χ0v) is 16.6. The van der Waals surface area contributed by atoms with Gasteiger partial charge in [-0.15, -0.1) is 0 Å². The van der Waals surface area contributed by atoms with E-state index in [0.717, 1.165) is 51.1 Å². The largest absolute Gasteiger partial charge is 0.352 e. The lowest BCUT2D eigenvalue weighted by molar-refractivity contribution is -0.127. The minimum Gasteiger partial charge on any atom is -0.352 e. The molecule has 152 valence electrons. The molecule has 1 atom stereocenters. The molecule has 2 aromatic carbocycles. The summed E-state index contributed by atoms with van der Waals surface area (Å²) in [5, 5.41) is 3.13. The molecule has 0 aromatic heterocycles. The third-order valence-electron chi connectivity index (χ3n) is 5.60. The number of piperazine rings is 1. The van der Waals surface area contributed by atoms with Gasteiger partial charge in [0.2, 0.25) is 5.91 Å². The standard InChI is InChI=1S/C24H28FN3O/c25-21-10-8-20(9-11-21)23(24(29)26-22-12-13-22)28-17-15-27(16-18-28)14-4-7-19-5-2-1-3-6-19/h1-11,22-23H,12-18H2,(H,26,29)/b7-4+. The highest BCUT2D eigenvalue weighted by atomic mass is 19.1. The summed E-state index contributed by atoms with van der Waals surface area (Å²) in [6.07, 6.45) is 6.46. The molecule has 29 heavy (non-hydrogen) atoms. The molecular formula is C24H28FN3O. The van der Waals surface area contributed by atoms with E-state index in [-0.39, 0.29) is 17.8 Å². The first kappa shape index (κ1) is 19.8. The molecule has 4 rings (SSSR count). The van der Waals surface area contributed by atoms with Crippen molar-refractivity contribution in [3.05, 3.63) is 77.6 Å². The lowest BCUT2D eigenvalue weighted by atomic mass is 10.0. The van der Waals surface area contributed by atoms with E-state index in [0.29, 0.717) is 6.04 Å². The van der Waals surface area contributed by atoms with Gasteiger partial charge in [-0.3, -0.25) is 14.6 Å². The zero-order valence-electron chi connectivity index (χ0n) is 16.6. The molecule has 1 saturated heterocycles. The Morgan fingerprint density at radius 1 is 1.03 bits per heavy atom. The van der Waals surface area contributed by atoms with E-state index in [4.69, 9.17) is 0 Å². The summed E-state index contributed by atoms with van der Waals surface area (Å²) in [6, 6.07) is 16.6. The number of rotatable bonds is 7. The van der Waals surface area contributed by atoms with Crippen LogP contribution in [0, 0.1) is 5.82 Å². The van der Waals surface area contributed by atoms with Crippen LogP contribution in [0.4, 0.5) is 4.39 Å². The number of nitrogens with zero attached hydrogens (tertiary/aromatic N) is 2. The second kappa shape index (κ2) is 9.33. The molecule has 1 aliphatic heterocycles. The maximum atomic E-state index is 13.4. The van der Waals surface area contributed by atoms with Gasteiger partial charge in [0, 0.05) is 38.8 Å². The van der Waals surface area contributed by atoms with Gasteiger partial charge in [0.25, 0.3) is 0 Å². The number of nitrogens with one attached hydrogen (secondary N) is 1. The van der Waals surface area contributed by atoms with Gasteiger partial charge in [0.1, 0.15) is 11.9 Å². The SMILES string of the molecule is O=C(NC1CC1)C(c1ccc(F)cc1)N1CCN(C/C=C/c2ccccc2)CC1. The molecule has 2 fully saturated rings. The van der Waals surface area contributed by atoms with Gasteiger partial charge in [-0.2, -0.15) is 0 Å². The predicted octanol–water partition coefficient (Wildman–Crippen LogP) is 3.48. The molecule has 2 aliphatic rings. The van der Waals surface area contributed by atoms with Crippen molar-refractivity contribution in [1.29, 1.82) is 0 Å². The average molecular weight is 394 g/mol. The highest BCUT2D eigenvalue weighted by molar-refractivity contribution is 5.83. The normalized spacial score (nSPS) is 19.3. The number of hydrogen-bond donors (Lipinski definition) is 1. The highest BCUT2D eigenvalue weighted by Gasteiger charge is 2.33. The number of carbonyl (C=O) groups is 1. The van der Waals surface area contributed by atoms with Gasteiger partial charge in [-0.1, -0.05) is 54.6 Å². The van der Waals surface area contributed by atoms with Crippen molar-refractivity contribution in [3.8, 4) is 0 Å². The first-order valence-corrected chi connectivity index (χ1v) is 10.4. The zero-order chi connectivity index (χ0) is 20.1. The van der Waals surface area contributed by atoms with Crippen molar-refractivity contribution in [2.45, 2.75) is 24.9 Å². The van der Waals surface area contributed by atoms with Gasteiger partial charge in [-0.05, 0) is 36.1 Å². The van der Waals surface area contributed by atoms with Crippen molar-refractivity contribution in [2.24, 2.45) is 0 Å². The van der Waals surface area contributed by atoms with Crippen LogP contribution in [0.2, 0.25) is 0 Å². The fourth-order valence-corrected chi connectivity index (χ4v) is 3.79. The molecule has 0 bridgehead atoms. The summed E-state index contributed by atoms with van der Waals surface area (Å²) in [5.41, 5.74) is 2.07. The van der Waals surface area contributed by atoms with E-state index < -0.39 is 0 Å². The van der Waals surface area contributed by atoms with E-state index in [2.05, 4.69) is 39.4 Å². The second-order valence-electron chi connectivity index (χ2n) is 7.89. The molecule has 0 spiro atoms. The number of halogens is 1. The third kappa shape index (κ3) is 5.52.